The second kappa shape index (κ2) is 8.03. The SMILES string of the molecule is CCN(CC)CCOc1c(C#N)cc(Br)cc1OC. The summed E-state index contributed by atoms with van der Waals surface area (Å²) in [5, 5.41) is 9.15. The predicted octanol–water partition coefficient (Wildman–Crippen LogP) is 3.05. The summed E-state index contributed by atoms with van der Waals surface area (Å²) in [4.78, 5) is 2.26. The molecule has 1 aromatic carbocycles. The third-order valence-electron chi connectivity index (χ3n) is 2.91. The highest BCUT2D eigenvalue weighted by molar-refractivity contribution is 9.10. The molecule has 0 radical (unpaired) electrons. The molecule has 0 aromatic heterocycles. The van der Waals surface area contributed by atoms with Crippen LogP contribution in [0.2, 0.25) is 0 Å². The van der Waals surface area contributed by atoms with Crippen LogP contribution in [0.25, 0.3) is 0 Å². The molecule has 0 N–H and O–H groups in total. The molecule has 0 spiro atoms. The zero-order chi connectivity index (χ0) is 14.3. The van der Waals surface area contributed by atoms with Crippen LogP contribution in [0, 0.1) is 11.3 Å². The van der Waals surface area contributed by atoms with Gasteiger partial charge in [-0.3, -0.25) is 0 Å². The van der Waals surface area contributed by atoms with Gasteiger partial charge in [0, 0.05) is 11.0 Å². The molecule has 0 amide bonds. The van der Waals surface area contributed by atoms with Crippen LogP contribution in [0.15, 0.2) is 16.6 Å². The van der Waals surface area contributed by atoms with Gasteiger partial charge in [0.05, 0.1) is 12.7 Å². The lowest BCUT2D eigenvalue weighted by atomic mass is 10.2. The van der Waals surface area contributed by atoms with E-state index in [-0.39, 0.29) is 0 Å². The summed E-state index contributed by atoms with van der Waals surface area (Å²) in [7, 11) is 1.57. The van der Waals surface area contributed by atoms with Crippen LogP contribution >= 0.6 is 15.9 Å². The third kappa shape index (κ3) is 4.41. The van der Waals surface area contributed by atoms with Crippen LogP contribution in [0.1, 0.15) is 19.4 Å². The van der Waals surface area contributed by atoms with Crippen molar-refractivity contribution in [2.45, 2.75) is 13.8 Å². The van der Waals surface area contributed by atoms with Crippen molar-refractivity contribution in [2.75, 3.05) is 33.4 Å². The van der Waals surface area contributed by atoms with Crippen LogP contribution in [0.3, 0.4) is 0 Å². The smallest absolute Gasteiger partial charge is 0.179 e. The molecule has 0 unspecified atom stereocenters. The van der Waals surface area contributed by atoms with Crippen molar-refractivity contribution in [3.8, 4) is 17.6 Å². The second-order valence-electron chi connectivity index (χ2n) is 3.97. The van der Waals surface area contributed by atoms with Crippen LogP contribution < -0.4 is 9.47 Å². The predicted molar refractivity (Wildman–Crippen MR) is 78.7 cm³/mol. The van der Waals surface area contributed by atoms with Crippen LogP contribution in [0.5, 0.6) is 11.5 Å². The number of likely N-dealkylation sites (N-methyl/N-ethyl adjacent to an activating group) is 1. The molecule has 19 heavy (non-hydrogen) atoms. The van der Waals surface area contributed by atoms with Gasteiger partial charge in [0.1, 0.15) is 12.7 Å². The molecule has 104 valence electrons. The Hall–Kier alpha value is -1.25. The lowest BCUT2D eigenvalue weighted by Gasteiger charge is -2.19. The molecular formula is C14H19BrN2O2. The van der Waals surface area contributed by atoms with Gasteiger partial charge in [-0.25, -0.2) is 0 Å². The maximum absolute atomic E-state index is 9.15. The molecule has 0 saturated heterocycles. The van der Waals surface area contributed by atoms with Gasteiger partial charge in [0.15, 0.2) is 11.5 Å². The average Bonchev–Trinajstić information content (AvgIpc) is 2.44. The first kappa shape index (κ1) is 15.8. The van der Waals surface area contributed by atoms with Gasteiger partial charge >= 0.3 is 0 Å². The van der Waals surface area contributed by atoms with Crippen molar-refractivity contribution in [3.63, 3.8) is 0 Å². The fourth-order valence-electron chi connectivity index (χ4n) is 1.77. The van der Waals surface area contributed by atoms with Crippen LogP contribution in [-0.2, 0) is 0 Å². The monoisotopic (exact) mass is 326 g/mol. The summed E-state index contributed by atoms with van der Waals surface area (Å²) in [6.45, 7) is 7.57. The number of ether oxygens (including phenoxy) is 2. The summed E-state index contributed by atoms with van der Waals surface area (Å²) in [6, 6.07) is 5.66. The van der Waals surface area contributed by atoms with E-state index in [1.807, 2.05) is 0 Å². The Morgan fingerprint density at radius 3 is 2.53 bits per heavy atom. The van der Waals surface area contributed by atoms with Gasteiger partial charge in [0.2, 0.25) is 0 Å². The summed E-state index contributed by atoms with van der Waals surface area (Å²) in [5.74, 6) is 1.09. The Morgan fingerprint density at radius 2 is 2.00 bits per heavy atom. The van der Waals surface area contributed by atoms with Crippen molar-refractivity contribution < 1.29 is 9.47 Å². The average molecular weight is 327 g/mol. The Labute approximate surface area is 123 Å². The molecule has 0 saturated carbocycles. The van der Waals surface area contributed by atoms with Crippen LogP contribution in [0.4, 0.5) is 0 Å². The van der Waals surface area contributed by atoms with Crippen molar-refractivity contribution >= 4 is 15.9 Å². The summed E-state index contributed by atoms with van der Waals surface area (Å²) in [6.07, 6.45) is 0. The van der Waals surface area contributed by atoms with E-state index in [2.05, 4.69) is 40.7 Å². The quantitative estimate of drug-likeness (QED) is 0.772. The van der Waals surface area contributed by atoms with Gasteiger partial charge in [-0.15, -0.1) is 0 Å². The number of rotatable bonds is 7. The summed E-state index contributed by atoms with van der Waals surface area (Å²) < 4.78 is 11.8. The molecule has 1 rings (SSSR count). The topological polar surface area (TPSA) is 45.5 Å². The van der Waals surface area contributed by atoms with E-state index in [9.17, 15) is 0 Å². The van der Waals surface area contributed by atoms with E-state index < -0.39 is 0 Å². The lowest BCUT2D eigenvalue weighted by molar-refractivity contribution is 0.216. The molecule has 0 atom stereocenters. The van der Waals surface area contributed by atoms with Crippen LogP contribution in [-0.4, -0.2) is 38.3 Å². The minimum atomic E-state index is 0.478. The number of halogens is 1. The number of nitriles is 1. The van der Waals surface area contributed by atoms with Crippen molar-refractivity contribution in [3.05, 3.63) is 22.2 Å². The molecule has 0 aliphatic rings. The summed E-state index contributed by atoms with van der Waals surface area (Å²) in [5.41, 5.74) is 0.478. The first-order valence-corrected chi connectivity index (χ1v) is 7.08. The van der Waals surface area contributed by atoms with E-state index >= 15 is 0 Å². The normalized spacial score (nSPS) is 10.3. The van der Waals surface area contributed by atoms with Crippen molar-refractivity contribution in [2.24, 2.45) is 0 Å². The van der Waals surface area contributed by atoms with E-state index in [0.29, 0.717) is 23.7 Å². The standard InChI is InChI=1S/C14H19BrN2O2/c1-4-17(5-2)6-7-19-14-11(10-16)8-12(15)9-13(14)18-3/h8-9H,4-7H2,1-3H3. The fraction of sp³-hybridized carbons (Fsp3) is 0.500. The zero-order valence-electron chi connectivity index (χ0n) is 11.6. The molecule has 0 fully saturated rings. The Bertz CT molecular complexity index is 453. The molecule has 0 aliphatic heterocycles. The molecule has 1 aromatic rings. The first-order valence-electron chi connectivity index (χ1n) is 6.29. The van der Waals surface area contributed by atoms with E-state index in [4.69, 9.17) is 14.7 Å². The maximum atomic E-state index is 9.15. The molecule has 4 nitrogen and oxygen atoms in total. The fourth-order valence-corrected chi connectivity index (χ4v) is 2.21. The molecule has 5 heteroatoms. The number of hydrogen-bond acceptors (Lipinski definition) is 4. The van der Waals surface area contributed by atoms with Gasteiger partial charge in [-0.2, -0.15) is 5.26 Å². The Kier molecular flexibility index (Phi) is 6.68. The van der Waals surface area contributed by atoms with E-state index in [1.54, 1.807) is 19.2 Å². The minimum absolute atomic E-state index is 0.478. The summed E-state index contributed by atoms with van der Waals surface area (Å²) >= 11 is 3.35. The highest BCUT2D eigenvalue weighted by Gasteiger charge is 2.12. The van der Waals surface area contributed by atoms with Crippen molar-refractivity contribution in [1.82, 2.24) is 4.90 Å². The highest BCUT2D eigenvalue weighted by Crippen LogP contribution is 2.34. The van der Waals surface area contributed by atoms with Crippen molar-refractivity contribution in [1.29, 1.82) is 5.26 Å². The van der Waals surface area contributed by atoms with Gasteiger partial charge < -0.3 is 14.4 Å². The molecular weight excluding hydrogens is 308 g/mol. The lowest BCUT2D eigenvalue weighted by Crippen LogP contribution is -2.28. The molecule has 0 heterocycles. The number of methoxy groups -OCH3 is 1. The van der Waals surface area contributed by atoms with Gasteiger partial charge in [0.25, 0.3) is 0 Å². The maximum Gasteiger partial charge on any atom is 0.179 e. The Morgan fingerprint density at radius 1 is 1.32 bits per heavy atom. The van der Waals surface area contributed by atoms with E-state index in [0.717, 1.165) is 24.1 Å². The third-order valence-corrected chi connectivity index (χ3v) is 3.37. The Balaban J connectivity index is 2.80. The minimum Gasteiger partial charge on any atom is -0.493 e. The molecule has 0 aliphatic carbocycles. The number of nitrogens with zero attached hydrogens (tertiary/aromatic N) is 2. The van der Waals surface area contributed by atoms with Gasteiger partial charge in [-0.05, 0) is 25.2 Å². The number of benzene rings is 1. The second-order valence-corrected chi connectivity index (χ2v) is 4.89. The zero-order valence-corrected chi connectivity index (χ0v) is 13.2. The highest BCUT2D eigenvalue weighted by atomic mass is 79.9. The number of hydrogen-bond donors (Lipinski definition) is 0. The van der Waals surface area contributed by atoms with E-state index in [1.165, 1.54) is 0 Å². The molecule has 0 bridgehead atoms. The van der Waals surface area contributed by atoms with Gasteiger partial charge in [-0.1, -0.05) is 29.8 Å². The first-order chi connectivity index (χ1) is 9.15. The largest absolute Gasteiger partial charge is 0.493 e.